The standard InChI is InChI=1S/C18H23N5OS/c1-11-22-15-3-2-14(8-16(15)25-11)23-18(24)13-9-20-17(21-10-13)12-4-6-19-7-5-12/h9-10,12,14,19H,2-8H2,1H3,(H,23,24). The lowest BCUT2D eigenvalue weighted by molar-refractivity contribution is 0.0933. The number of nitrogens with zero attached hydrogens (tertiary/aromatic N) is 3. The van der Waals surface area contributed by atoms with E-state index in [9.17, 15) is 4.79 Å². The summed E-state index contributed by atoms with van der Waals surface area (Å²) < 4.78 is 0. The molecule has 0 aromatic carbocycles. The molecule has 0 radical (unpaired) electrons. The molecule has 1 aliphatic carbocycles. The van der Waals surface area contributed by atoms with Crippen LogP contribution in [0.25, 0.3) is 0 Å². The van der Waals surface area contributed by atoms with E-state index in [1.165, 1.54) is 10.6 Å². The Morgan fingerprint density at radius 3 is 2.76 bits per heavy atom. The van der Waals surface area contributed by atoms with Crippen LogP contribution in [0.4, 0.5) is 0 Å². The number of carbonyl (C=O) groups is 1. The quantitative estimate of drug-likeness (QED) is 0.878. The molecular formula is C18H23N5OS. The summed E-state index contributed by atoms with van der Waals surface area (Å²) in [4.78, 5) is 27.3. The van der Waals surface area contributed by atoms with Crippen molar-refractivity contribution >= 4 is 17.2 Å². The van der Waals surface area contributed by atoms with Crippen LogP contribution in [-0.4, -0.2) is 40.0 Å². The fraction of sp³-hybridized carbons (Fsp3) is 0.556. The van der Waals surface area contributed by atoms with Gasteiger partial charge in [-0.25, -0.2) is 15.0 Å². The van der Waals surface area contributed by atoms with Gasteiger partial charge in [0.1, 0.15) is 5.82 Å². The Morgan fingerprint density at radius 1 is 1.24 bits per heavy atom. The van der Waals surface area contributed by atoms with Crippen molar-refractivity contribution in [3.05, 3.63) is 39.4 Å². The number of hydrogen-bond donors (Lipinski definition) is 2. The number of amides is 1. The molecule has 2 N–H and O–H groups in total. The van der Waals surface area contributed by atoms with Crippen LogP contribution < -0.4 is 10.6 Å². The molecule has 1 unspecified atom stereocenters. The summed E-state index contributed by atoms with van der Waals surface area (Å²) in [7, 11) is 0. The van der Waals surface area contributed by atoms with E-state index >= 15 is 0 Å². The van der Waals surface area contributed by atoms with E-state index in [2.05, 4.69) is 25.6 Å². The lowest BCUT2D eigenvalue weighted by Gasteiger charge is -2.23. The Balaban J connectivity index is 1.38. The molecule has 0 spiro atoms. The summed E-state index contributed by atoms with van der Waals surface area (Å²) in [6, 6.07) is 0.170. The highest BCUT2D eigenvalue weighted by Gasteiger charge is 2.24. The Kier molecular flexibility index (Phi) is 4.76. The molecule has 6 nitrogen and oxygen atoms in total. The van der Waals surface area contributed by atoms with Gasteiger partial charge in [-0.1, -0.05) is 0 Å². The summed E-state index contributed by atoms with van der Waals surface area (Å²) in [6.45, 7) is 4.06. The molecule has 1 aliphatic heterocycles. The van der Waals surface area contributed by atoms with Gasteiger partial charge in [-0.2, -0.15) is 0 Å². The number of hydrogen-bond acceptors (Lipinski definition) is 6. The molecule has 1 fully saturated rings. The zero-order valence-corrected chi connectivity index (χ0v) is 15.2. The first-order valence-corrected chi connectivity index (χ1v) is 9.79. The first-order valence-electron chi connectivity index (χ1n) is 8.98. The second-order valence-electron chi connectivity index (χ2n) is 6.87. The minimum atomic E-state index is -0.0773. The van der Waals surface area contributed by atoms with Gasteiger partial charge >= 0.3 is 0 Å². The second-order valence-corrected chi connectivity index (χ2v) is 8.16. The van der Waals surface area contributed by atoms with E-state index in [1.807, 2.05) is 6.92 Å². The van der Waals surface area contributed by atoms with Crippen molar-refractivity contribution in [2.75, 3.05) is 13.1 Å². The minimum Gasteiger partial charge on any atom is -0.349 e. The number of nitrogens with one attached hydrogen (secondary N) is 2. The van der Waals surface area contributed by atoms with Crippen LogP contribution in [0.2, 0.25) is 0 Å². The zero-order chi connectivity index (χ0) is 17.2. The fourth-order valence-electron chi connectivity index (χ4n) is 3.64. The SMILES string of the molecule is Cc1nc2c(s1)CC(NC(=O)c1cnc(C3CCNCC3)nc1)CC2. The van der Waals surface area contributed by atoms with Crippen LogP contribution in [0.5, 0.6) is 0 Å². The van der Waals surface area contributed by atoms with E-state index in [0.29, 0.717) is 11.5 Å². The third-order valence-corrected chi connectivity index (χ3v) is 6.06. The van der Waals surface area contributed by atoms with Crippen LogP contribution in [0.3, 0.4) is 0 Å². The highest BCUT2D eigenvalue weighted by atomic mass is 32.1. The normalized spacial score (nSPS) is 20.9. The van der Waals surface area contributed by atoms with Gasteiger partial charge in [-0.05, 0) is 45.7 Å². The lowest BCUT2D eigenvalue weighted by atomic mass is 9.97. The molecule has 0 bridgehead atoms. The number of aryl methyl sites for hydroxylation is 2. The molecule has 7 heteroatoms. The highest BCUT2D eigenvalue weighted by Crippen LogP contribution is 2.26. The smallest absolute Gasteiger partial charge is 0.254 e. The Hall–Kier alpha value is -1.86. The first kappa shape index (κ1) is 16.6. The zero-order valence-electron chi connectivity index (χ0n) is 14.4. The maximum atomic E-state index is 12.5. The Morgan fingerprint density at radius 2 is 2.00 bits per heavy atom. The summed E-state index contributed by atoms with van der Waals surface area (Å²) in [5.41, 5.74) is 1.76. The Bertz CT molecular complexity index is 751. The van der Waals surface area contributed by atoms with E-state index in [1.54, 1.807) is 23.7 Å². The van der Waals surface area contributed by atoms with Gasteiger partial charge in [0, 0.05) is 35.7 Å². The number of carbonyl (C=O) groups excluding carboxylic acids is 1. The third kappa shape index (κ3) is 3.72. The second kappa shape index (κ2) is 7.17. The number of thiazole rings is 1. The predicted octanol–water partition coefficient (Wildman–Crippen LogP) is 2.00. The van der Waals surface area contributed by atoms with Crippen LogP contribution >= 0.6 is 11.3 Å². The average molecular weight is 357 g/mol. The molecular weight excluding hydrogens is 334 g/mol. The minimum absolute atomic E-state index is 0.0773. The van der Waals surface area contributed by atoms with Gasteiger partial charge in [-0.15, -0.1) is 11.3 Å². The first-order chi connectivity index (χ1) is 12.2. The number of piperidine rings is 1. The van der Waals surface area contributed by atoms with E-state index in [4.69, 9.17) is 0 Å². The van der Waals surface area contributed by atoms with E-state index in [-0.39, 0.29) is 11.9 Å². The van der Waals surface area contributed by atoms with Crippen LogP contribution in [0, 0.1) is 6.92 Å². The summed E-state index contributed by atoms with van der Waals surface area (Å²) in [6.07, 6.45) is 8.22. The third-order valence-electron chi connectivity index (χ3n) is 5.02. The molecule has 25 heavy (non-hydrogen) atoms. The van der Waals surface area contributed by atoms with Crippen LogP contribution in [0.15, 0.2) is 12.4 Å². The summed E-state index contributed by atoms with van der Waals surface area (Å²) in [5.74, 6) is 1.19. The molecule has 1 amide bonds. The number of aromatic nitrogens is 3. The molecule has 4 rings (SSSR count). The van der Waals surface area contributed by atoms with E-state index in [0.717, 1.165) is 56.0 Å². The lowest BCUT2D eigenvalue weighted by Crippen LogP contribution is -2.38. The summed E-state index contributed by atoms with van der Waals surface area (Å²) >= 11 is 1.74. The van der Waals surface area contributed by atoms with Crippen molar-refractivity contribution in [3.63, 3.8) is 0 Å². The monoisotopic (exact) mass is 357 g/mol. The topological polar surface area (TPSA) is 79.8 Å². The maximum absolute atomic E-state index is 12.5. The van der Waals surface area contributed by atoms with E-state index < -0.39 is 0 Å². The molecule has 1 saturated heterocycles. The van der Waals surface area contributed by atoms with Crippen molar-refractivity contribution in [2.24, 2.45) is 0 Å². The molecule has 3 heterocycles. The van der Waals surface area contributed by atoms with Crippen molar-refractivity contribution in [1.29, 1.82) is 0 Å². The van der Waals surface area contributed by atoms with Gasteiger partial charge in [0.05, 0.1) is 16.3 Å². The van der Waals surface area contributed by atoms with Gasteiger partial charge in [-0.3, -0.25) is 4.79 Å². The number of rotatable bonds is 3. The number of fused-ring (bicyclic) bond motifs is 1. The Labute approximate surface area is 151 Å². The van der Waals surface area contributed by atoms with Gasteiger partial charge in [0.15, 0.2) is 0 Å². The summed E-state index contributed by atoms with van der Waals surface area (Å²) in [5, 5.41) is 7.59. The maximum Gasteiger partial charge on any atom is 0.254 e. The molecule has 1 atom stereocenters. The van der Waals surface area contributed by atoms with Gasteiger partial charge in [0.2, 0.25) is 0 Å². The van der Waals surface area contributed by atoms with Crippen LogP contribution in [-0.2, 0) is 12.8 Å². The largest absolute Gasteiger partial charge is 0.349 e. The molecule has 0 saturated carbocycles. The fourth-order valence-corrected chi connectivity index (χ4v) is 4.70. The molecule has 2 aromatic heterocycles. The molecule has 2 aromatic rings. The van der Waals surface area contributed by atoms with Gasteiger partial charge in [0.25, 0.3) is 5.91 Å². The van der Waals surface area contributed by atoms with Crippen molar-refractivity contribution in [2.45, 2.75) is 51.0 Å². The molecule has 132 valence electrons. The molecule has 2 aliphatic rings. The van der Waals surface area contributed by atoms with Crippen molar-refractivity contribution in [1.82, 2.24) is 25.6 Å². The van der Waals surface area contributed by atoms with Crippen molar-refractivity contribution < 1.29 is 4.79 Å². The highest BCUT2D eigenvalue weighted by molar-refractivity contribution is 7.11. The van der Waals surface area contributed by atoms with Crippen LogP contribution in [0.1, 0.15) is 56.9 Å². The average Bonchev–Trinajstić information content (AvgIpc) is 3.02. The van der Waals surface area contributed by atoms with Crippen molar-refractivity contribution in [3.8, 4) is 0 Å². The van der Waals surface area contributed by atoms with Gasteiger partial charge < -0.3 is 10.6 Å². The predicted molar refractivity (Wildman–Crippen MR) is 97.0 cm³/mol.